The van der Waals surface area contributed by atoms with Crippen LogP contribution in [0.25, 0.3) is 0 Å². The molecule has 0 heterocycles. The zero-order valence-corrected chi connectivity index (χ0v) is 40.2. The Morgan fingerprint density at radius 3 is 1.00 bits per heavy atom. The minimum Gasteiger partial charge on any atom is -0.394 e. The summed E-state index contributed by atoms with van der Waals surface area (Å²) in [5.41, 5.74) is -0.360. The summed E-state index contributed by atoms with van der Waals surface area (Å²) >= 11 is 10.6. The van der Waals surface area contributed by atoms with Crippen molar-refractivity contribution in [2.24, 2.45) is 0 Å². The SMILES string of the molecule is O=C(CO)Nc1c(I)c(C(=O)NCC(=O)Nc2c(I)c(C(=O)NCC(O)CO)c(I)c(C(=O)NCC(O)CO)c2I)c(I)c(C(=O)NCC(O)CO)c1I. The summed E-state index contributed by atoms with van der Waals surface area (Å²) < 4.78 is 0.903. The fourth-order valence-electron chi connectivity index (χ4n) is 4.05. The van der Waals surface area contributed by atoms with Crippen molar-refractivity contribution in [2.75, 3.05) is 63.2 Å². The van der Waals surface area contributed by atoms with Gasteiger partial charge in [-0.1, -0.05) is 0 Å². The van der Waals surface area contributed by atoms with E-state index in [9.17, 15) is 49.2 Å². The minimum atomic E-state index is -1.29. The van der Waals surface area contributed by atoms with Gasteiger partial charge in [-0.15, -0.1) is 0 Å². The van der Waals surface area contributed by atoms with Crippen LogP contribution in [0, 0.1) is 21.4 Å². The van der Waals surface area contributed by atoms with Gasteiger partial charge in [0.1, 0.15) is 6.61 Å². The Morgan fingerprint density at radius 1 is 0.444 bits per heavy atom. The molecule has 0 radical (unpaired) electrons. The van der Waals surface area contributed by atoms with E-state index in [4.69, 9.17) is 15.3 Å². The Morgan fingerprint density at radius 2 is 0.722 bits per heavy atom. The first-order valence-electron chi connectivity index (χ1n) is 15.0. The summed E-state index contributed by atoms with van der Waals surface area (Å²) in [4.78, 5) is 79.0. The van der Waals surface area contributed by atoms with Crippen LogP contribution in [0.15, 0.2) is 0 Å². The molecule has 2 aromatic rings. The number of hydrogen-bond acceptors (Lipinski definition) is 13. The second-order valence-electron chi connectivity index (χ2n) is 10.7. The third kappa shape index (κ3) is 13.2. The van der Waals surface area contributed by atoms with Crippen LogP contribution in [0.2, 0.25) is 0 Å². The summed E-state index contributed by atoms with van der Waals surface area (Å²) in [6.07, 6.45) is -3.86. The molecule has 0 bridgehead atoms. The van der Waals surface area contributed by atoms with Crippen LogP contribution >= 0.6 is 136 Å². The molecule has 3 atom stereocenters. The number of amides is 6. The van der Waals surface area contributed by atoms with Gasteiger partial charge >= 0.3 is 0 Å². The molecule has 6 amide bonds. The average molecular weight is 1430 g/mol. The number of halogens is 6. The van der Waals surface area contributed by atoms with E-state index in [1.165, 1.54) is 0 Å². The zero-order valence-electron chi connectivity index (χ0n) is 27.2. The van der Waals surface area contributed by atoms with E-state index in [1.54, 1.807) is 136 Å². The molecule has 3 unspecified atom stereocenters. The number of aliphatic hydroxyl groups excluding tert-OH is 7. The van der Waals surface area contributed by atoms with Gasteiger partial charge in [0.05, 0.1) is 92.6 Å². The topological polar surface area (TPSA) is 316 Å². The molecule has 0 aliphatic rings. The molecule has 0 saturated carbocycles. The van der Waals surface area contributed by atoms with Gasteiger partial charge in [0, 0.05) is 26.8 Å². The van der Waals surface area contributed by atoms with Gasteiger partial charge in [-0.2, -0.15) is 0 Å². The first-order chi connectivity index (χ1) is 25.4. The molecule has 54 heavy (non-hydrogen) atoms. The Kier molecular flexibility index (Phi) is 21.7. The summed E-state index contributed by atoms with van der Waals surface area (Å²) in [7, 11) is 0. The number of hydrogen-bond donors (Lipinski definition) is 13. The van der Waals surface area contributed by atoms with Crippen LogP contribution in [-0.2, 0) is 9.59 Å². The predicted octanol–water partition coefficient (Wildman–Crippen LogP) is -1.14. The van der Waals surface area contributed by atoms with Gasteiger partial charge < -0.3 is 67.6 Å². The highest BCUT2D eigenvalue weighted by molar-refractivity contribution is 14.1. The van der Waals surface area contributed by atoms with Gasteiger partial charge in [-0.25, -0.2) is 0 Å². The van der Waals surface area contributed by atoms with Gasteiger partial charge in [0.15, 0.2) is 0 Å². The van der Waals surface area contributed by atoms with Gasteiger partial charge in [-0.05, 0) is 136 Å². The normalized spacial score (nSPS) is 12.6. The largest absolute Gasteiger partial charge is 0.394 e. The molecule has 13 N–H and O–H groups in total. The maximum absolute atomic E-state index is 13.7. The highest BCUT2D eigenvalue weighted by Gasteiger charge is 2.31. The molecular formula is C29H32I6N6O13. The number of aliphatic hydroxyl groups is 7. The van der Waals surface area contributed by atoms with Gasteiger partial charge in [0.2, 0.25) is 11.8 Å². The average Bonchev–Trinajstić information content (AvgIpc) is 3.13. The second-order valence-corrected chi connectivity index (χ2v) is 17.2. The Labute approximate surface area is 388 Å². The molecule has 2 rings (SSSR count). The third-order valence-corrected chi connectivity index (χ3v) is 13.2. The number of nitrogens with one attached hydrogen (secondary N) is 6. The van der Waals surface area contributed by atoms with E-state index in [-0.39, 0.29) is 74.7 Å². The minimum absolute atomic E-state index is 0.00645. The summed E-state index contributed by atoms with van der Waals surface area (Å²) in [6.45, 7) is -4.56. The van der Waals surface area contributed by atoms with Crippen LogP contribution in [0.4, 0.5) is 11.4 Å². The summed E-state index contributed by atoms with van der Waals surface area (Å²) in [6, 6.07) is 0. The fourth-order valence-corrected chi connectivity index (χ4v) is 12.9. The van der Waals surface area contributed by atoms with E-state index in [0.717, 1.165) is 0 Å². The lowest BCUT2D eigenvalue weighted by atomic mass is 10.1. The molecule has 19 nitrogen and oxygen atoms in total. The van der Waals surface area contributed by atoms with Gasteiger partial charge in [-0.3, -0.25) is 28.8 Å². The number of anilines is 2. The zero-order chi connectivity index (χ0) is 41.0. The van der Waals surface area contributed by atoms with E-state index in [0.29, 0.717) is 0 Å². The quantitative estimate of drug-likeness (QED) is 0.0787. The second kappa shape index (κ2) is 23.7. The van der Waals surface area contributed by atoms with Gasteiger partial charge in [0.25, 0.3) is 23.6 Å². The summed E-state index contributed by atoms with van der Waals surface area (Å²) in [5.74, 6) is -4.84. The highest BCUT2D eigenvalue weighted by atomic mass is 127. The molecule has 0 aliphatic heterocycles. The van der Waals surface area contributed by atoms with Crippen molar-refractivity contribution < 1.29 is 64.5 Å². The van der Waals surface area contributed by atoms with Crippen LogP contribution in [0.3, 0.4) is 0 Å². The molecule has 2 aromatic carbocycles. The van der Waals surface area contributed by atoms with E-state index >= 15 is 0 Å². The number of carbonyl (C=O) groups excluding carboxylic acids is 6. The number of rotatable bonds is 18. The van der Waals surface area contributed by atoms with Crippen molar-refractivity contribution in [2.45, 2.75) is 18.3 Å². The molecule has 0 fully saturated rings. The lowest BCUT2D eigenvalue weighted by Crippen LogP contribution is -2.38. The Hall–Kier alpha value is -0.640. The Balaban J connectivity index is 2.55. The Bertz CT molecular complexity index is 1730. The monoisotopic (exact) mass is 1430 g/mol. The van der Waals surface area contributed by atoms with E-state index in [1.807, 2.05) is 0 Å². The van der Waals surface area contributed by atoms with Crippen LogP contribution in [0.5, 0.6) is 0 Å². The van der Waals surface area contributed by atoms with Crippen molar-refractivity contribution >= 4 is 182 Å². The van der Waals surface area contributed by atoms with E-state index in [2.05, 4.69) is 31.9 Å². The van der Waals surface area contributed by atoms with Crippen LogP contribution in [-0.4, -0.2) is 142 Å². The van der Waals surface area contributed by atoms with E-state index < -0.39 is 86.7 Å². The van der Waals surface area contributed by atoms with Crippen molar-refractivity contribution in [3.05, 3.63) is 43.7 Å². The standard InChI is InChI=1S/C29H32I6N6O13/c30-18-14(26(51)36-1-9(46)5-42)20(32)24(21(33)15(18)27(52)37-2-10(47)6-43)40-12(49)4-39-29(54)17-19(31)16(28(53)38-3-11(48)7-44)22(34)25(23(17)35)41-13(50)8-45/h9-11,42-48H,1-8H2,(H,36,51)(H,37,52)(H,38,53)(H,39,54)(H,40,49)(H,41,50). The first-order valence-corrected chi connectivity index (χ1v) is 21.4. The third-order valence-electron chi connectivity index (χ3n) is 6.75. The van der Waals surface area contributed by atoms with Crippen molar-refractivity contribution in [1.82, 2.24) is 21.3 Å². The molecule has 298 valence electrons. The van der Waals surface area contributed by atoms with Crippen molar-refractivity contribution in [3.8, 4) is 0 Å². The number of carbonyl (C=O) groups is 6. The molecular weight excluding hydrogens is 1400 g/mol. The number of benzene rings is 2. The maximum atomic E-state index is 13.7. The lowest BCUT2D eigenvalue weighted by molar-refractivity contribution is -0.118. The molecule has 0 spiro atoms. The fraction of sp³-hybridized carbons (Fsp3) is 0.379. The molecule has 0 aromatic heterocycles. The highest BCUT2D eigenvalue weighted by Crippen LogP contribution is 2.37. The maximum Gasteiger partial charge on any atom is 0.253 e. The predicted molar refractivity (Wildman–Crippen MR) is 242 cm³/mol. The summed E-state index contributed by atoms with van der Waals surface area (Å²) in [5, 5.41) is 80.8. The molecule has 25 heteroatoms. The van der Waals surface area contributed by atoms with Crippen LogP contribution in [0.1, 0.15) is 41.4 Å². The molecule has 0 aliphatic carbocycles. The lowest BCUT2D eigenvalue weighted by Gasteiger charge is -2.21. The van der Waals surface area contributed by atoms with Crippen molar-refractivity contribution in [1.29, 1.82) is 0 Å². The smallest absolute Gasteiger partial charge is 0.253 e. The molecule has 0 saturated heterocycles. The van der Waals surface area contributed by atoms with Crippen LogP contribution < -0.4 is 31.9 Å². The van der Waals surface area contributed by atoms with Crippen molar-refractivity contribution in [3.63, 3.8) is 0 Å². The first kappa shape index (κ1) is 49.5.